The molecule has 8 nitrogen and oxygen atoms in total. The second-order valence-electron chi connectivity index (χ2n) is 7.71. The summed E-state index contributed by atoms with van der Waals surface area (Å²) in [6.07, 6.45) is 0. The number of nitrogens with one attached hydrogen (secondary N) is 1. The fourth-order valence-electron chi connectivity index (χ4n) is 3.76. The second-order valence-corrected chi connectivity index (χ2v) is 10.1. The molecule has 33 heavy (non-hydrogen) atoms. The first-order valence-corrected chi connectivity index (χ1v) is 12.7. The lowest BCUT2D eigenvalue weighted by Crippen LogP contribution is -2.50. The maximum atomic E-state index is 12.7. The molecule has 1 aliphatic rings. The van der Waals surface area contributed by atoms with E-state index in [9.17, 15) is 18.0 Å². The third kappa shape index (κ3) is 6.11. The molecule has 2 aromatic carbocycles. The Hall–Kier alpha value is -2.46. The van der Waals surface area contributed by atoms with Crippen LogP contribution < -0.4 is 5.32 Å². The zero-order valence-corrected chi connectivity index (χ0v) is 20.4. The van der Waals surface area contributed by atoms with E-state index in [1.54, 1.807) is 55.1 Å². The molecule has 0 radical (unpaired) electrons. The lowest BCUT2D eigenvalue weighted by Gasteiger charge is -2.34. The zero-order valence-electron chi connectivity index (χ0n) is 18.8. The first-order chi connectivity index (χ1) is 15.8. The van der Waals surface area contributed by atoms with Gasteiger partial charge in [0.05, 0.1) is 22.0 Å². The van der Waals surface area contributed by atoms with Crippen LogP contribution >= 0.6 is 11.6 Å². The molecule has 0 aliphatic carbocycles. The van der Waals surface area contributed by atoms with Crippen LogP contribution in [0.25, 0.3) is 0 Å². The molecular weight excluding hydrogens is 464 g/mol. The van der Waals surface area contributed by atoms with Crippen LogP contribution in [0.1, 0.15) is 24.2 Å². The highest BCUT2D eigenvalue weighted by molar-refractivity contribution is 7.89. The van der Waals surface area contributed by atoms with Gasteiger partial charge in [0.25, 0.3) is 5.91 Å². The van der Waals surface area contributed by atoms with E-state index in [1.807, 2.05) is 4.90 Å². The summed E-state index contributed by atoms with van der Waals surface area (Å²) in [5.41, 5.74) is 0.908. The molecule has 1 fully saturated rings. The summed E-state index contributed by atoms with van der Waals surface area (Å²) in [5.74, 6) is -0.353. The highest BCUT2D eigenvalue weighted by atomic mass is 35.5. The van der Waals surface area contributed by atoms with Crippen LogP contribution in [0.2, 0.25) is 5.02 Å². The SMILES string of the molecule is CCN(CC)S(=O)(=O)c1cccc(NC(=O)CN2CCN(C(=O)c3ccccc3Cl)CC2)c1. The standard InChI is InChI=1S/C23H29ClN4O4S/c1-3-28(4-2)33(31,32)19-9-7-8-18(16-19)25-22(29)17-26-12-14-27(15-13-26)23(30)20-10-5-6-11-21(20)24/h5-11,16H,3-4,12-15,17H2,1-2H3,(H,25,29). The molecule has 1 heterocycles. The van der Waals surface area contributed by atoms with Crippen LogP contribution in [0, 0.1) is 0 Å². The van der Waals surface area contributed by atoms with Gasteiger partial charge < -0.3 is 10.2 Å². The normalized spacial score (nSPS) is 15.0. The van der Waals surface area contributed by atoms with E-state index in [0.717, 1.165) is 0 Å². The molecule has 10 heteroatoms. The van der Waals surface area contributed by atoms with Gasteiger partial charge in [-0.15, -0.1) is 0 Å². The third-order valence-electron chi connectivity index (χ3n) is 5.59. The van der Waals surface area contributed by atoms with Gasteiger partial charge in [-0.2, -0.15) is 4.31 Å². The smallest absolute Gasteiger partial charge is 0.255 e. The van der Waals surface area contributed by atoms with E-state index in [4.69, 9.17) is 11.6 Å². The Bertz CT molecular complexity index is 1100. The number of rotatable bonds is 8. The van der Waals surface area contributed by atoms with E-state index >= 15 is 0 Å². The average molecular weight is 493 g/mol. The van der Waals surface area contributed by atoms with Crippen LogP contribution in [0.4, 0.5) is 5.69 Å². The zero-order chi connectivity index (χ0) is 24.0. The topological polar surface area (TPSA) is 90.0 Å². The van der Waals surface area contributed by atoms with Gasteiger partial charge >= 0.3 is 0 Å². The van der Waals surface area contributed by atoms with Crippen molar-refractivity contribution in [1.82, 2.24) is 14.1 Å². The monoisotopic (exact) mass is 492 g/mol. The number of sulfonamides is 1. The minimum Gasteiger partial charge on any atom is -0.336 e. The number of carbonyl (C=O) groups excluding carboxylic acids is 2. The molecule has 1 N–H and O–H groups in total. The predicted molar refractivity (Wildman–Crippen MR) is 129 cm³/mol. The Kier molecular flexibility index (Phi) is 8.47. The highest BCUT2D eigenvalue weighted by Crippen LogP contribution is 2.20. The lowest BCUT2D eigenvalue weighted by atomic mass is 10.2. The van der Waals surface area contributed by atoms with E-state index in [-0.39, 0.29) is 23.3 Å². The molecule has 2 aromatic rings. The Labute approximate surface area is 200 Å². The number of amides is 2. The quantitative estimate of drug-likeness (QED) is 0.612. The van der Waals surface area contributed by atoms with E-state index in [1.165, 1.54) is 16.4 Å². The summed E-state index contributed by atoms with van der Waals surface area (Å²) < 4.78 is 26.8. The van der Waals surface area contributed by atoms with Crippen LogP contribution in [-0.4, -0.2) is 80.2 Å². The van der Waals surface area contributed by atoms with Gasteiger partial charge in [0.2, 0.25) is 15.9 Å². The Balaban J connectivity index is 1.55. The highest BCUT2D eigenvalue weighted by Gasteiger charge is 2.25. The molecule has 0 spiro atoms. The number of nitrogens with zero attached hydrogens (tertiary/aromatic N) is 3. The minimum atomic E-state index is -3.60. The van der Waals surface area contributed by atoms with Crippen molar-refractivity contribution in [3.63, 3.8) is 0 Å². The van der Waals surface area contributed by atoms with E-state index in [2.05, 4.69) is 5.32 Å². The van der Waals surface area contributed by atoms with Crippen molar-refractivity contribution in [3.05, 3.63) is 59.1 Å². The molecule has 0 aromatic heterocycles. The van der Waals surface area contributed by atoms with Crippen molar-refractivity contribution in [2.45, 2.75) is 18.7 Å². The summed E-state index contributed by atoms with van der Waals surface area (Å²) in [6, 6.07) is 13.2. The van der Waals surface area contributed by atoms with Crippen LogP contribution in [0.15, 0.2) is 53.4 Å². The number of hydrogen-bond acceptors (Lipinski definition) is 5. The van der Waals surface area contributed by atoms with Crippen LogP contribution in [0.3, 0.4) is 0 Å². The van der Waals surface area contributed by atoms with Crippen molar-refractivity contribution in [2.75, 3.05) is 51.1 Å². The van der Waals surface area contributed by atoms with Crippen molar-refractivity contribution >= 4 is 39.1 Å². The summed E-state index contributed by atoms with van der Waals surface area (Å²) >= 11 is 6.13. The molecule has 1 saturated heterocycles. The van der Waals surface area contributed by atoms with Crippen molar-refractivity contribution in [2.24, 2.45) is 0 Å². The molecular formula is C23H29ClN4O4S. The first kappa shape index (κ1) is 25.2. The van der Waals surface area contributed by atoms with Gasteiger partial charge in [-0.05, 0) is 30.3 Å². The van der Waals surface area contributed by atoms with Gasteiger partial charge in [0.1, 0.15) is 0 Å². The molecule has 3 rings (SSSR count). The van der Waals surface area contributed by atoms with Crippen molar-refractivity contribution in [1.29, 1.82) is 0 Å². The number of hydrogen-bond donors (Lipinski definition) is 1. The Morgan fingerprint density at radius 3 is 2.30 bits per heavy atom. The largest absolute Gasteiger partial charge is 0.336 e. The van der Waals surface area contributed by atoms with E-state index < -0.39 is 10.0 Å². The molecule has 0 atom stereocenters. The predicted octanol–water partition coefficient (Wildman–Crippen LogP) is 2.77. The Morgan fingerprint density at radius 2 is 1.67 bits per heavy atom. The van der Waals surface area contributed by atoms with Gasteiger partial charge in [-0.1, -0.05) is 43.6 Å². The number of piperazine rings is 1. The third-order valence-corrected chi connectivity index (χ3v) is 7.97. The summed E-state index contributed by atoms with van der Waals surface area (Å²) in [7, 11) is -3.60. The molecule has 0 bridgehead atoms. The van der Waals surface area contributed by atoms with Crippen LogP contribution in [0.5, 0.6) is 0 Å². The maximum absolute atomic E-state index is 12.7. The number of carbonyl (C=O) groups is 2. The minimum absolute atomic E-state index is 0.115. The molecule has 0 unspecified atom stereocenters. The van der Waals surface area contributed by atoms with E-state index in [0.29, 0.717) is 55.5 Å². The Morgan fingerprint density at radius 1 is 1.00 bits per heavy atom. The summed E-state index contributed by atoms with van der Waals surface area (Å²) in [5, 5.41) is 3.21. The number of anilines is 1. The summed E-state index contributed by atoms with van der Waals surface area (Å²) in [6.45, 7) is 6.58. The molecule has 178 valence electrons. The van der Waals surface area contributed by atoms with Gasteiger partial charge in [0.15, 0.2) is 0 Å². The molecule has 2 amide bonds. The number of halogens is 1. The maximum Gasteiger partial charge on any atom is 0.255 e. The number of benzene rings is 2. The molecule has 1 aliphatic heterocycles. The lowest BCUT2D eigenvalue weighted by molar-refractivity contribution is -0.117. The van der Waals surface area contributed by atoms with Crippen molar-refractivity contribution in [3.8, 4) is 0 Å². The average Bonchev–Trinajstić information content (AvgIpc) is 2.80. The molecule has 0 saturated carbocycles. The van der Waals surface area contributed by atoms with Gasteiger partial charge in [0, 0.05) is 45.0 Å². The second kappa shape index (κ2) is 11.1. The fraction of sp³-hybridized carbons (Fsp3) is 0.391. The first-order valence-electron chi connectivity index (χ1n) is 10.9. The van der Waals surface area contributed by atoms with Gasteiger partial charge in [-0.3, -0.25) is 14.5 Å². The van der Waals surface area contributed by atoms with Crippen molar-refractivity contribution < 1.29 is 18.0 Å². The fourth-order valence-corrected chi connectivity index (χ4v) is 5.49. The van der Waals surface area contributed by atoms with Crippen LogP contribution in [-0.2, 0) is 14.8 Å². The summed E-state index contributed by atoms with van der Waals surface area (Å²) in [4.78, 5) is 29.1. The van der Waals surface area contributed by atoms with Gasteiger partial charge in [-0.25, -0.2) is 8.42 Å².